The van der Waals surface area contributed by atoms with Gasteiger partial charge in [-0.25, -0.2) is 0 Å². The number of hydrogen-bond donors (Lipinski definition) is 2. The first-order valence-electron chi connectivity index (χ1n) is 9.81. The van der Waals surface area contributed by atoms with E-state index in [1.807, 2.05) is 41.3 Å². The van der Waals surface area contributed by atoms with Crippen molar-refractivity contribution in [1.82, 2.24) is 4.90 Å². The number of hydrogen-bond acceptors (Lipinski definition) is 5. The largest absolute Gasteiger partial charge is 0.367 e. The molecule has 2 aromatic carbocycles. The Kier molecular flexibility index (Phi) is 5.45. The molecule has 162 valence electrons. The lowest BCUT2D eigenvalue weighted by Gasteiger charge is -2.37. The number of thiophene rings is 1. The van der Waals surface area contributed by atoms with Crippen LogP contribution in [-0.4, -0.2) is 46.1 Å². The molecule has 5 rings (SSSR count). The molecule has 0 atom stereocenters. The molecule has 0 radical (unpaired) electrons. The maximum atomic E-state index is 13.2. The zero-order valence-electron chi connectivity index (χ0n) is 16.4. The molecular formula is C22H20Cl2N2O3S2. The molecule has 0 unspecified atom stereocenters. The fraction of sp³-hybridized carbons (Fsp3) is 0.227. The number of carbonyl (C=O) groups excluding carboxylic acids is 1. The molecule has 1 fully saturated rings. The fourth-order valence-electron chi connectivity index (χ4n) is 4.15. The van der Waals surface area contributed by atoms with Crippen LogP contribution < -0.4 is 4.90 Å². The summed E-state index contributed by atoms with van der Waals surface area (Å²) in [5, 5.41) is 1.06. The Morgan fingerprint density at radius 2 is 1.74 bits per heavy atom. The van der Waals surface area contributed by atoms with Gasteiger partial charge in [-0.3, -0.25) is 13.9 Å². The van der Waals surface area contributed by atoms with Crippen LogP contribution in [0.5, 0.6) is 0 Å². The molecule has 3 aromatic rings. The molecular weight excluding hydrogens is 475 g/mol. The van der Waals surface area contributed by atoms with E-state index in [1.54, 1.807) is 12.1 Å². The Labute approximate surface area is 196 Å². The highest BCUT2D eigenvalue weighted by molar-refractivity contribution is 8.23. The lowest BCUT2D eigenvalue weighted by Crippen LogP contribution is -2.48. The van der Waals surface area contributed by atoms with E-state index >= 15 is 0 Å². The van der Waals surface area contributed by atoms with E-state index in [4.69, 9.17) is 23.2 Å². The lowest BCUT2D eigenvalue weighted by molar-refractivity contribution is 0.0751. The standard InChI is InChI=1S/C22H20Cl2N2O3S2/c23-16-5-3-6-17(20(16)24)25-8-10-26(11-9-25)22(27)18-12-14-13-31(28,29)19-7-2-1-4-15(19)21(14)30-18/h1-7,12,28-29H,8-11,13H2. The van der Waals surface area contributed by atoms with E-state index in [0.29, 0.717) is 46.0 Å². The number of benzene rings is 2. The maximum Gasteiger partial charge on any atom is 0.264 e. The average molecular weight is 495 g/mol. The van der Waals surface area contributed by atoms with Crippen LogP contribution in [0.1, 0.15) is 15.2 Å². The number of piperazine rings is 1. The number of amides is 1. The van der Waals surface area contributed by atoms with Crippen LogP contribution in [0.25, 0.3) is 10.4 Å². The number of carbonyl (C=O) groups is 1. The van der Waals surface area contributed by atoms with Crippen LogP contribution in [0.3, 0.4) is 0 Å². The SMILES string of the molecule is O=C(c1cc2c(s1)-c1ccccc1S(O)(O)C2)N1CCN(c2cccc(Cl)c2Cl)CC1. The summed E-state index contributed by atoms with van der Waals surface area (Å²) in [6.07, 6.45) is 0. The fourth-order valence-corrected chi connectivity index (χ4v) is 7.54. The van der Waals surface area contributed by atoms with Crippen LogP contribution in [0.4, 0.5) is 5.69 Å². The third kappa shape index (κ3) is 3.73. The van der Waals surface area contributed by atoms with Gasteiger partial charge in [0.1, 0.15) is 0 Å². The van der Waals surface area contributed by atoms with Crippen molar-refractivity contribution in [2.45, 2.75) is 10.6 Å². The summed E-state index contributed by atoms with van der Waals surface area (Å²) in [5.41, 5.74) is 2.53. The average Bonchev–Trinajstić information content (AvgIpc) is 3.19. The molecule has 3 heterocycles. The monoisotopic (exact) mass is 494 g/mol. The van der Waals surface area contributed by atoms with Crippen molar-refractivity contribution in [3.05, 3.63) is 69.0 Å². The van der Waals surface area contributed by atoms with Crippen LogP contribution in [0, 0.1) is 0 Å². The van der Waals surface area contributed by atoms with Crippen molar-refractivity contribution in [2.75, 3.05) is 31.1 Å². The van der Waals surface area contributed by atoms with Crippen LogP contribution >= 0.6 is 45.1 Å². The molecule has 5 nitrogen and oxygen atoms in total. The molecule has 1 amide bonds. The number of fused-ring (bicyclic) bond motifs is 3. The second-order valence-corrected chi connectivity index (χ2v) is 11.5. The van der Waals surface area contributed by atoms with Gasteiger partial charge >= 0.3 is 0 Å². The summed E-state index contributed by atoms with van der Waals surface area (Å²) in [4.78, 5) is 19.3. The zero-order valence-corrected chi connectivity index (χ0v) is 19.6. The minimum atomic E-state index is -2.89. The molecule has 0 spiro atoms. The highest BCUT2D eigenvalue weighted by Gasteiger charge is 2.32. The third-order valence-corrected chi connectivity index (χ3v) is 9.48. The topological polar surface area (TPSA) is 64.0 Å². The highest BCUT2D eigenvalue weighted by atomic mass is 35.5. The number of nitrogens with zero attached hydrogens (tertiary/aromatic N) is 2. The predicted octanol–water partition coefficient (Wildman–Crippen LogP) is 6.31. The van der Waals surface area contributed by atoms with Gasteiger partial charge in [0, 0.05) is 36.6 Å². The van der Waals surface area contributed by atoms with Crippen molar-refractivity contribution < 1.29 is 13.9 Å². The van der Waals surface area contributed by atoms with Gasteiger partial charge in [0.15, 0.2) is 0 Å². The van der Waals surface area contributed by atoms with Crippen molar-refractivity contribution >= 4 is 56.7 Å². The molecule has 9 heteroatoms. The molecule has 1 saturated heterocycles. The molecule has 2 N–H and O–H groups in total. The summed E-state index contributed by atoms with van der Waals surface area (Å²) >= 11 is 13.9. The van der Waals surface area contributed by atoms with Gasteiger partial charge in [-0.1, -0.05) is 47.5 Å². The molecule has 31 heavy (non-hydrogen) atoms. The summed E-state index contributed by atoms with van der Waals surface area (Å²) in [7, 11) is -2.89. The molecule has 2 aliphatic heterocycles. The minimum absolute atomic E-state index is 0.0230. The van der Waals surface area contributed by atoms with Gasteiger partial charge in [-0.15, -0.1) is 11.3 Å². The Hall–Kier alpha value is -1.74. The Morgan fingerprint density at radius 1 is 1.00 bits per heavy atom. The Bertz CT molecular complexity index is 1170. The first-order valence-corrected chi connectivity index (χ1v) is 13.1. The number of halogens is 2. The number of anilines is 1. The van der Waals surface area contributed by atoms with Crippen molar-refractivity contribution in [3.63, 3.8) is 0 Å². The molecule has 0 bridgehead atoms. The van der Waals surface area contributed by atoms with E-state index in [1.165, 1.54) is 11.3 Å². The molecule has 0 aliphatic carbocycles. The minimum Gasteiger partial charge on any atom is -0.367 e. The van der Waals surface area contributed by atoms with Gasteiger partial charge in [0.05, 0.1) is 31.3 Å². The second-order valence-electron chi connectivity index (χ2n) is 7.62. The van der Waals surface area contributed by atoms with E-state index in [0.717, 1.165) is 21.7 Å². The summed E-state index contributed by atoms with van der Waals surface area (Å²) < 4.78 is 21.1. The highest BCUT2D eigenvalue weighted by Crippen LogP contribution is 2.60. The van der Waals surface area contributed by atoms with E-state index in [2.05, 4.69) is 4.90 Å². The van der Waals surface area contributed by atoms with Gasteiger partial charge in [0.25, 0.3) is 5.91 Å². The van der Waals surface area contributed by atoms with Crippen LogP contribution in [-0.2, 0) is 5.75 Å². The molecule has 0 saturated carbocycles. The Morgan fingerprint density at radius 3 is 2.52 bits per heavy atom. The van der Waals surface area contributed by atoms with Gasteiger partial charge in [-0.2, -0.15) is 10.6 Å². The predicted molar refractivity (Wildman–Crippen MR) is 129 cm³/mol. The van der Waals surface area contributed by atoms with E-state index < -0.39 is 10.6 Å². The van der Waals surface area contributed by atoms with Gasteiger partial charge in [-0.05, 0) is 29.8 Å². The van der Waals surface area contributed by atoms with Gasteiger partial charge < -0.3 is 9.80 Å². The quantitative estimate of drug-likeness (QED) is 0.438. The summed E-state index contributed by atoms with van der Waals surface area (Å²) in [6, 6.07) is 14.7. The van der Waals surface area contributed by atoms with Crippen molar-refractivity contribution in [2.24, 2.45) is 0 Å². The Balaban J connectivity index is 1.35. The molecule has 1 aromatic heterocycles. The van der Waals surface area contributed by atoms with Crippen molar-refractivity contribution in [3.8, 4) is 10.4 Å². The lowest BCUT2D eigenvalue weighted by atomic mass is 10.1. The smallest absolute Gasteiger partial charge is 0.264 e. The van der Waals surface area contributed by atoms with Crippen molar-refractivity contribution in [1.29, 1.82) is 0 Å². The summed E-state index contributed by atoms with van der Waals surface area (Å²) in [6.45, 7) is 2.49. The third-order valence-electron chi connectivity index (χ3n) is 5.70. The van der Waals surface area contributed by atoms with Crippen LogP contribution in [0.15, 0.2) is 53.4 Å². The first-order chi connectivity index (χ1) is 14.8. The zero-order chi connectivity index (χ0) is 21.8. The van der Waals surface area contributed by atoms with E-state index in [9.17, 15) is 13.9 Å². The number of rotatable bonds is 2. The normalized spacial score (nSPS) is 18.3. The maximum absolute atomic E-state index is 13.2. The summed E-state index contributed by atoms with van der Waals surface area (Å²) in [5.74, 6) is 0.134. The second kappa shape index (κ2) is 7.99. The van der Waals surface area contributed by atoms with Crippen LogP contribution in [0.2, 0.25) is 10.0 Å². The van der Waals surface area contributed by atoms with Gasteiger partial charge in [0.2, 0.25) is 0 Å². The van der Waals surface area contributed by atoms with E-state index in [-0.39, 0.29) is 11.7 Å². The first kappa shape index (κ1) is 21.1. The molecule has 2 aliphatic rings.